The molecule has 0 N–H and O–H groups in total. The van der Waals surface area contributed by atoms with Gasteiger partial charge in [0.1, 0.15) is 5.75 Å². The Morgan fingerprint density at radius 1 is 1.04 bits per heavy atom. The van der Waals surface area contributed by atoms with Gasteiger partial charge in [0.15, 0.2) is 9.84 Å². The quantitative estimate of drug-likeness (QED) is 0.640. The molecule has 0 aliphatic rings. The number of amides is 1. The van der Waals surface area contributed by atoms with Crippen LogP contribution in [-0.4, -0.2) is 38.1 Å². The Morgan fingerprint density at radius 3 is 2.04 bits per heavy atom. The van der Waals surface area contributed by atoms with Crippen LogP contribution in [0.4, 0.5) is 0 Å². The standard InChI is InChI=1S/C17H26ClNO3S/c1-3-5-11-19(12-6-4-2)17(20)14-23(21,22)13-15-7-9-16(18)10-8-15/h7-10H,3-6,11-14H2,1-2H3. The molecule has 0 heterocycles. The van der Waals surface area contributed by atoms with Crippen molar-refractivity contribution in [2.75, 3.05) is 18.8 Å². The number of carbonyl (C=O) groups excluding carboxylic acids is 1. The SMILES string of the molecule is CCCCN(CCCC)C(=O)CS(=O)(=O)Cc1ccc(Cl)cc1. The van der Waals surface area contributed by atoms with Crippen molar-refractivity contribution < 1.29 is 13.2 Å². The average molecular weight is 360 g/mol. The summed E-state index contributed by atoms with van der Waals surface area (Å²) in [7, 11) is -3.48. The van der Waals surface area contributed by atoms with Crippen molar-refractivity contribution in [1.29, 1.82) is 0 Å². The summed E-state index contributed by atoms with van der Waals surface area (Å²) in [5.41, 5.74) is 0.649. The number of hydrogen-bond acceptors (Lipinski definition) is 3. The summed E-state index contributed by atoms with van der Waals surface area (Å²) in [6.45, 7) is 5.37. The Labute approximate surface area is 144 Å². The second kappa shape index (κ2) is 9.93. The molecule has 0 saturated carbocycles. The third-order valence-corrected chi connectivity index (χ3v) is 5.27. The van der Waals surface area contributed by atoms with E-state index in [2.05, 4.69) is 13.8 Å². The third kappa shape index (κ3) is 7.84. The highest BCUT2D eigenvalue weighted by Crippen LogP contribution is 2.13. The van der Waals surface area contributed by atoms with Gasteiger partial charge in [0.05, 0.1) is 5.75 Å². The largest absolute Gasteiger partial charge is 0.342 e. The van der Waals surface area contributed by atoms with E-state index in [9.17, 15) is 13.2 Å². The second-order valence-corrected chi connectivity index (χ2v) is 8.25. The molecule has 6 heteroatoms. The Hall–Kier alpha value is -1.07. The molecule has 0 atom stereocenters. The fraction of sp³-hybridized carbons (Fsp3) is 0.588. The van der Waals surface area contributed by atoms with Crippen LogP contribution in [0.15, 0.2) is 24.3 Å². The molecule has 0 radical (unpaired) electrons. The van der Waals surface area contributed by atoms with E-state index in [0.29, 0.717) is 23.7 Å². The smallest absolute Gasteiger partial charge is 0.237 e. The average Bonchev–Trinajstić information content (AvgIpc) is 2.49. The van der Waals surface area contributed by atoms with Gasteiger partial charge >= 0.3 is 0 Å². The second-order valence-electron chi connectivity index (χ2n) is 5.75. The lowest BCUT2D eigenvalue weighted by atomic mass is 10.2. The Bertz CT molecular complexity index is 576. The van der Waals surface area contributed by atoms with Crippen LogP contribution in [0.25, 0.3) is 0 Å². The molecule has 0 fully saturated rings. The van der Waals surface area contributed by atoms with Gasteiger partial charge in [-0.15, -0.1) is 0 Å². The number of hydrogen-bond donors (Lipinski definition) is 0. The van der Waals surface area contributed by atoms with Crippen molar-refractivity contribution in [3.63, 3.8) is 0 Å². The zero-order valence-corrected chi connectivity index (χ0v) is 15.5. The molecule has 1 aromatic rings. The first-order chi connectivity index (χ1) is 10.9. The number of sulfone groups is 1. The van der Waals surface area contributed by atoms with Gasteiger partial charge in [-0.3, -0.25) is 4.79 Å². The van der Waals surface area contributed by atoms with Crippen molar-refractivity contribution in [3.8, 4) is 0 Å². The molecule has 0 aliphatic heterocycles. The highest BCUT2D eigenvalue weighted by atomic mass is 35.5. The molecule has 0 aromatic heterocycles. The van der Waals surface area contributed by atoms with Crippen molar-refractivity contribution in [1.82, 2.24) is 4.90 Å². The minimum absolute atomic E-state index is 0.134. The lowest BCUT2D eigenvalue weighted by Crippen LogP contribution is -2.37. The van der Waals surface area contributed by atoms with E-state index in [0.717, 1.165) is 25.7 Å². The molecular formula is C17H26ClNO3S. The fourth-order valence-corrected chi connectivity index (χ4v) is 3.71. The first kappa shape index (κ1) is 20.0. The van der Waals surface area contributed by atoms with Crippen molar-refractivity contribution in [3.05, 3.63) is 34.9 Å². The molecule has 1 rings (SSSR count). The Balaban J connectivity index is 2.68. The van der Waals surface area contributed by atoms with Crippen LogP contribution in [0.2, 0.25) is 5.02 Å². The molecule has 1 amide bonds. The first-order valence-electron chi connectivity index (χ1n) is 8.10. The van der Waals surface area contributed by atoms with Crippen LogP contribution in [0.3, 0.4) is 0 Å². The number of carbonyl (C=O) groups is 1. The lowest BCUT2D eigenvalue weighted by Gasteiger charge is -2.22. The minimum Gasteiger partial charge on any atom is -0.342 e. The lowest BCUT2D eigenvalue weighted by molar-refractivity contribution is -0.128. The summed E-state index contributed by atoms with van der Waals surface area (Å²) in [5, 5.41) is 0.563. The summed E-state index contributed by atoms with van der Waals surface area (Å²) in [5.74, 6) is -0.852. The van der Waals surface area contributed by atoms with Crippen LogP contribution >= 0.6 is 11.6 Å². The number of nitrogens with zero attached hydrogens (tertiary/aromatic N) is 1. The molecule has 0 spiro atoms. The molecule has 0 aliphatic carbocycles. The van der Waals surface area contributed by atoms with E-state index in [-0.39, 0.29) is 11.7 Å². The Kier molecular flexibility index (Phi) is 8.63. The molecule has 23 heavy (non-hydrogen) atoms. The van der Waals surface area contributed by atoms with Gasteiger partial charge in [0.2, 0.25) is 5.91 Å². The maximum Gasteiger partial charge on any atom is 0.237 e. The van der Waals surface area contributed by atoms with Crippen LogP contribution < -0.4 is 0 Å². The van der Waals surface area contributed by atoms with Gasteiger partial charge < -0.3 is 4.90 Å². The first-order valence-corrected chi connectivity index (χ1v) is 10.3. The molecule has 0 bridgehead atoms. The predicted octanol–water partition coefficient (Wildman–Crippen LogP) is 3.68. The van der Waals surface area contributed by atoms with Gasteiger partial charge in [-0.25, -0.2) is 8.42 Å². The molecule has 0 unspecified atom stereocenters. The van der Waals surface area contributed by atoms with Gasteiger partial charge in [0, 0.05) is 18.1 Å². The highest BCUT2D eigenvalue weighted by Gasteiger charge is 2.21. The van der Waals surface area contributed by atoms with Crippen LogP contribution in [0.5, 0.6) is 0 Å². The van der Waals surface area contributed by atoms with Gasteiger partial charge in [0.25, 0.3) is 0 Å². The zero-order valence-electron chi connectivity index (χ0n) is 13.9. The fourth-order valence-electron chi connectivity index (χ4n) is 2.22. The summed E-state index contributed by atoms with van der Waals surface area (Å²) in [6, 6.07) is 6.67. The highest BCUT2D eigenvalue weighted by molar-refractivity contribution is 7.91. The summed E-state index contributed by atoms with van der Waals surface area (Å²) < 4.78 is 24.5. The predicted molar refractivity (Wildman–Crippen MR) is 95.3 cm³/mol. The molecule has 130 valence electrons. The minimum atomic E-state index is -3.48. The number of rotatable bonds is 10. The summed E-state index contributed by atoms with van der Waals surface area (Å²) in [4.78, 5) is 14.0. The number of benzene rings is 1. The van der Waals surface area contributed by atoms with Crippen LogP contribution in [-0.2, 0) is 20.4 Å². The third-order valence-electron chi connectivity index (χ3n) is 3.56. The van der Waals surface area contributed by atoms with Crippen LogP contribution in [0, 0.1) is 0 Å². The van der Waals surface area contributed by atoms with E-state index in [1.165, 1.54) is 0 Å². The molecule has 1 aromatic carbocycles. The van der Waals surface area contributed by atoms with Gasteiger partial charge in [-0.2, -0.15) is 0 Å². The van der Waals surface area contributed by atoms with Gasteiger partial charge in [-0.1, -0.05) is 50.4 Å². The molecular weight excluding hydrogens is 334 g/mol. The number of unbranched alkanes of at least 4 members (excludes halogenated alkanes) is 2. The van der Waals surface area contributed by atoms with Crippen molar-refractivity contribution >= 4 is 27.3 Å². The summed E-state index contributed by atoms with van der Waals surface area (Å²) in [6.07, 6.45) is 3.75. The van der Waals surface area contributed by atoms with Gasteiger partial charge in [-0.05, 0) is 30.5 Å². The zero-order chi connectivity index (χ0) is 17.3. The monoisotopic (exact) mass is 359 g/mol. The molecule has 0 saturated heterocycles. The van der Waals surface area contributed by atoms with E-state index in [4.69, 9.17) is 11.6 Å². The normalized spacial score (nSPS) is 11.4. The topological polar surface area (TPSA) is 54.5 Å². The molecule has 4 nitrogen and oxygen atoms in total. The van der Waals surface area contributed by atoms with Crippen molar-refractivity contribution in [2.45, 2.75) is 45.3 Å². The summed E-state index contributed by atoms with van der Waals surface area (Å²) >= 11 is 5.80. The van der Waals surface area contributed by atoms with E-state index in [1.807, 2.05) is 0 Å². The van der Waals surface area contributed by atoms with Crippen molar-refractivity contribution in [2.24, 2.45) is 0 Å². The Morgan fingerprint density at radius 2 is 1.57 bits per heavy atom. The van der Waals surface area contributed by atoms with Crippen LogP contribution in [0.1, 0.15) is 45.1 Å². The number of halogens is 1. The maximum absolute atomic E-state index is 12.3. The van der Waals surface area contributed by atoms with E-state index in [1.54, 1.807) is 29.2 Å². The maximum atomic E-state index is 12.3. The van der Waals surface area contributed by atoms with E-state index < -0.39 is 15.6 Å². The van der Waals surface area contributed by atoms with E-state index >= 15 is 0 Å².